The lowest BCUT2D eigenvalue weighted by Gasteiger charge is -2.29. The van der Waals surface area contributed by atoms with Crippen LogP contribution >= 0.6 is 0 Å². The van der Waals surface area contributed by atoms with Crippen molar-refractivity contribution < 1.29 is 23.1 Å². The zero-order valence-electron chi connectivity index (χ0n) is 11.8. The number of carboxylic acids is 1. The van der Waals surface area contributed by atoms with Crippen LogP contribution in [0.5, 0.6) is 0 Å². The largest absolute Gasteiger partial charge is 0.481 e. The monoisotopic (exact) mass is 326 g/mol. The zero-order valence-corrected chi connectivity index (χ0v) is 11.8. The number of aliphatic carboxylic acids is 1. The summed E-state index contributed by atoms with van der Waals surface area (Å²) in [5.74, 6) is -2.15. The summed E-state index contributed by atoms with van der Waals surface area (Å²) in [6.45, 7) is 0.123. The number of rotatable bonds is 2. The number of nitrogens with zero attached hydrogens (tertiary/aromatic N) is 3. The van der Waals surface area contributed by atoms with Crippen molar-refractivity contribution in [1.82, 2.24) is 14.8 Å². The lowest BCUT2D eigenvalue weighted by atomic mass is 9.81. The van der Waals surface area contributed by atoms with E-state index in [0.29, 0.717) is 11.4 Å². The molecule has 0 spiro atoms. The topological polar surface area (TPSA) is 94.0 Å². The van der Waals surface area contributed by atoms with E-state index < -0.39 is 29.5 Å². The van der Waals surface area contributed by atoms with Crippen LogP contribution in [0.2, 0.25) is 0 Å². The van der Waals surface area contributed by atoms with Crippen LogP contribution in [0.4, 0.5) is 19.1 Å². The molecule has 0 saturated carbocycles. The van der Waals surface area contributed by atoms with Crippen LogP contribution in [0.15, 0.2) is 24.3 Å². The third-order valence-electron chi connectivity index (χ3n) is 3.98. The number of nitrogens with two attached hydrogens (primary N) is 1. The number of halogens is 3. The minimum absolute atomic E-state index is 0.0221. The van der Waals surface area contributed by atoms with Crippen molar-refractivity contribution in [2.75, 3.05) is 5.73 Å². The van der Waals surface area contributed by atoms with E-state index in [1.54, 1.807) is 0 Å². The number of aromatic nitrogens is 3. The molecule has 0 amide bonds. The first-order valence-corrected chi connectivity index (χ1v) is 6.85. The molecule has 2 unspecified atom stereocenters. The summed E-state index contributed by atoms with van der Waals surface area (Å²) in [4.78, 5) is 15.5. The van der Waals surface area contributed by atoms with E-state index in [1.807, 2.05) is 0 Å². The number of hydrogen-bond acceptors (Lipinski definition) is 4. The van der Waals surface area contributed by atoms with Crippen molar-refractivity contribution in [3.05, 3.63) is 41.2 Å². The van der Waals surface area contributed by atoms with Gasteiger partial charge in [-0.25, -0.2) is 4.68 Å². The van der Waals surface area contributed by atoms with E-state index in [-0.39, 0.29) is 18.9 Å². The van der Waals surface area contributed by atoms with Gasteiger partial charge in [0.15, 0.2) is 0 Å². The van der Waals surface area contributed by atoms with Crippen molar-refractivity contribution in [2.24, 2.45) is 5.92 Å². The third-order valence-corrected chi connectivity index (χ3v) is 3.98. The highest BCUT2D eigenvalue weighted by Crippen LogP contribution is 2.36. The highest BCUT2D eigenvalue weighted by atomic mass is 19.4. The van der Waals surface area contributed by atoms with Gasteiger partial charge in [-0.15, -0.1) is 5.10 Å². The van der Waals surface area contributed by atoms with Gasteiger partial charge in [0.1, 0.15) is 5.82 Å². The minimum Gasteiger partial charge on any atom is -0.481 e. The normalized spacial score (nSPS) is 21.0. The molecule has 0 saturated heterocycles. The highest BCUT2D eigenvalue weighted by molar-refractivity contribution is 5.72. The fraction of sp³-hybridized carbons (Fsp3) is 0.357. The van der Waals surface area contributed by atoms with E-state index in [2.05, 4.69) is 10.1 Å². The Kier molecular flexibility index (Phi) is 3.50. The molecular weight excluding hydrogens is 313 g/mol. The van der Waals surface area contributed by atoms with Gasteiger partial charge in [0.2, 0.25) is 5.95 Å². The molecule has 1 aromatic heterocycles. The fourth-order valence-corrected chi connectivity index (χ4v) is 2.89. The first kappa shape index (κ1) is 15.3. The second-order valence-electron chi connectivity index (χ2n) is 5.45. The summed E-state index contributed by atoms with van der Waals surface area (Å²) in [6, 6.07) is 4.73. The first-order valence-electron chi connectivity index (χ1n) is 6.85. The van der Waals surface area contributed by atoms with Gasteiger partial charge in [0, 0.05) is 12.3 Å². The number of hydrogen-bond donors (Lipinski definition) is 2. The predicted octanol–water partition coefficient (Wildman–Crippen LogP) is 1.92. The Morgan fingerprint density at radius 1 is 1.39 bits per heavy atom. The van der Waals surface area contributed by atoms with Crippen molar-refractivity contribution in [3.8, 4) is 0 Å². The molecule has 9 heteroatoms. The van der Waals surface area contributed by atoms with Crippen LogP contribution in [-0.4, -0.2) is 25.8 Å². The molecule has 1 aliphatic heterocycles. The SMILES string of the molecule is Nc1nc2n(n1)CC(c1cccc(C(F)(F)F)c1)C(C(=O)O)C2. The molecule has 6 nitrogen and oxygen atoms in total. The average molecular weight is 326 g/mol. The average Bonchev–Trinajstić information content (AvgIpc) is 2.84. The van der Waals surface area contributed by atoms with Gasteiger partial charge in [-0.2, -0.15) is 18.2 Å². The second-order valence-corrected chi connectivity index (χ2v) is 5.45. The van der Waals surface area contributed by atoms with Gasteiger partial charge in [-0.05, 0) is 11.6 Å². The summed E-state index contributed by atoms with van der Waals surface area (Å²) < 4.78 is 40.1. The number of nitrogen functional groups attached to an aromatic ring is 1. The summed E-state index contributed by atoms with van der Waals surface area (Å²) >= 11 is 0. The summed E-state index contributed by atoms with van der Waals surface area (Å²) in [5, 5.41) is 13.4. The molecule has 1 aromatic carbocycles. The van der Waals surface area contributed by atoms with E-state index >= 15 is 0 Å². The Hall–Kier alpha value is -2.58. The molecular formula is C14H13F3N4O2. The van der Waals surface area contributed by atoms with Crippen molar-refractivity contribution in [1.29, 1.82) is 0 Å². The van der Waals surface area contributed by atoms with E-state index in [1.165, 1.54) is 16.8 Å². The van der Waals surface area contributed by atoms with Crippen LogP contribution in [0.3, 0.4) is 0 Å². The maximum Gasteiger partial charge on any atom is 0.416 e. The molecule has 0 radical (unpaired) electrons. The quantitative estimate of drug-likeness (QED) is 0.879. The molecule has 2 aromatic rings. The number of anilines is 1. The minimum atomic E-state index is -4.48. The molecule has 3 N–H and O–H groups in total. The van der Waals surface area contributed by atoms with Gasteiger partial charge in [0.05, 0.1) is 18.0 Å². The lowest BCUT2D eigenvalue weighted by Crippen LogP contribution is -2.34. The van der Waals surface area contributed by atoms with Gasteiger partial charge < -0.3 is 10.8 Å². The smallest absolute Gasteiger partial charge is 0.416 e. The molecule has 2 heterocycles. The number of benzene rings is 1. The van der Waals surface area contributed by atoms with Crippen molar-refractivity contribution >= 4 is 11.9 Å². The second kappa shape index (κ2) is 5.25. The third kappa shape index (κ3) is 2.86. The molecule has 3 rings (SSSR count). The number of fused-ring (bicyclic) bond motifs is 1. The van der Waals surface area contributed by atoms with Crippen LogP contribution in [-0.2, 0) is 23.9 Å². The van der Waals surface area contributed by atoms with Gasteiger partial charge >= 0.3 is 12.1 Å². The Labute approximate surface area is 128 Å². The predicted molar refractivity (Wildman–Crippen MR) is 73.4 cm³/mol. The zero-order chi connectivity index (χ0) is 16.8. The number of alkyl halides is 3. The molecule has 0 aliphatic carbocycles. The van der Waals surface area contributed by atoms with Crippen LogP contribution in [0, 0.1) is 5.92 Å². The first-order chi connectivity index (χ1) is 10.8. The lowest BCUT2D eigenvalue weighted by molar-refractivity contribution is -0.143. The van der Waals surface area contributed by atoms with E-state index in [4.69, 9.17) is 5.73 Å². The molecule has 122 valence electrons. The van der Waals surface area contributed by atoms with Gasteiger partial charge in [0.25, 0.3) is 0 Å². The summed E-state index contributed by atoms with van der Waals surface area (Å²) in [5.41, 5.74) is 5.02. The van der Waals surface area contributed by atoms with Gasteiger partial charge in [-0.1, -0.05) is 18.2 Å². The highest BCUT2D eigenvalue weighted by Gasteiger charge is 2.38. The molecule has 0 bridgehead atoms. The Morgan fingerprint density at radius 3 is 2.78 bits per heavy atom. The van der Waals surface area contributed by atoms with Crippen LogP contribution in [0.25, 0.3) is 0 Å². The summed E-state index contributed by atoms with van der Waals surface area (Å²) in [7, 11) is 0. The molecule has 0 fully saturated rings. The molecule has 2 atom stereocenters. The van der Waals surface area contributed by atoms with E-state index in [0.717, 1.165) is 12.1 Å². The summed E-state index contributed by atoms with van der Waals surface area (Å²) in [6.07, 6.45) is -4.41. The Bertz CT molecular complexity index is 757. The Balaban J connectivity index is 2.01. The van der Waals surface area contributed by atoms with Crippen LogP contribution < -0.4 is 5.73 Å². The number of carboxylic acid groups (broad SMARTS) is 1. The maximum absolute atomic E-state index is 12.9. The van der Waals surface area contributed by atoms with Crippen LogP contribution in [0.1, 0.15) is 22.9 Å². The van der Waals surface area contributed by atoms with E-state index in [9.17, 15) is 23.1 Å². The fourth-order valence-electron chi connectivity index (χ4n) is 2.89. The van der Waals surface area contributed by atoms with Crippen molar-refractivity contribution in [3.63, 3.8) is 0 Å². The standard InChI is InChI=1S/C14H13F3N4O2/c15-14(16,17)8-3-1-2-7(4-8)10-6-21-11(19-13(18)20-21)5-9(10)12(22)23/h1-4,9-10H,5-6H2,(H2,18,20)(H,22,23). The van der Waals surface area contributed by atoms with Crippen molar-refractivity contribution in [2.45, 2.75) is 25.1 Å². The van der Waals surface area contributed by atoms with Gasteiger partial charge in [-0.3, -0.25) is 4.79 Å². The molecule has 23 heavy (non-hydrogen) atoms. The molecule has 1 aliphatic rings. The maximum atomic E-state index is 12.9. The number of carbonyl (C=O) groups is 1. The Morgan fingerprint density at radius 2 is 2.13 bits per heavy atom.